The predicted octanol–water partition coefficient (Wildman–Crippen LogP) is 1.21. The summed E-state index contributed by atoms with van der Waals surface area (Å²) >= 11 is 1.50. The first kappa shape index (κ1) is 15.6. The largest absolute Gasteiger partial charge is 0.355 e. The molecule has 4 heterocycles. The molecule has 25 heavy (non-hydrogen) atoms. The molecular formula is C15H16N8OS. The van der Waals surface area contributed by atoms with Crippen molar-refractivity contribution >= 4 is 28.2 Å². The lowest BCUT2D eigenvalue weighted by atomic mass is 9.99. The van der Waals surface area contributed by atoms with Crippen molar-refractivity contribution in [2.24, 2.45) is 5.92 Å². The van der Waals surface area contributed by atoms with Gasteiger partial charge in [0.1, 0.15) is 24.8 Å². The van der Waals surface area contributed by atoms with E-state index in [1.807, 2.05) is 24.8 Å². The number of amides is 1. The molecule has 0 bridgehead atoms. The maximum absolute atomic E-state index is 12.3. The Balaban J connectivity index is 1.38. The second-order valence-electron chi connectivity index (χ2n) is 5.83. The van der Waals surface area contributed by atoms with E-state index < -0.39 is 0 Å². The van der Waals surface area contributed by atoms with Gasteiger partial charge in [0.15, 0.2) is 10.9 Å². The van der Waals surface area contributed by atoms with Crippen LogP contribution >= 0.6 is 11.3 Å². The fourth-order valence-corrected chi connectivity index (χ4v) is 3.34. The number of nitrogens with zero attached hydrogens (tertiary/aromatic N) is 7. The molecule has 4 rings (SSSR count). The third-order valence-corrected chi connectivity index (χ3v) is 5.11. The number of anilines is 2. The minimum Gasteiger partial charge on any atom is -0.355 e. The van der Waals surface area contributed by atoms with Gasteiger partial charge >= 0.3 is 0 Å². The molecule has 10 heteroatoms. The summed E-state index contributed by atoms with van der Waals surface area (Å²) in [6.45, 7) is 5.16. The van der Waals surface area contributed by atoms with Crippen molar-refractivity contribution in [1.82, 2.24) is 29.7 Å². The minimum atomic E-state index is -0.0747. The molecule has 9 nitrogen and oxygen atoms in total. The van der Waals surface area contributed by atoms with E-state index in [0.29, 0.717) is 24.0 Å². The number of thiazole rings is 1. The summed E-state index contributed by atoms with van der Waals surface area (Å²) < 4.78 is 1.57. The average molecular weight is 356 g/mol. The molecule has 0 saturated carbocycles. The lowest BCUT2D eigenvalue weighted by molar-refractivity contribution is -0.120. The van der Waals surface area contributed by atoms with Gasteiger partial charge < -0.3 is 10.2 Å². The molecule has 1 fully saturated rings. The number of aryl methyl sites for hydroxylation is 2. The summed E-state index contributed by atoms with van der Waals surface area (Å²) in [5.74, 6) is 1.33. The first-order chi connectivity index (χ1) is 12.1. The zero-order chi connectivity index (χ0) is 17.4. The van der Waals surface area contributed by atoms with Crippen molar-refractivity contribution in [1.29, 1.82) is 0 Å². The fraction of sp³-hybridized carbons (Fsp3) is 0.333. The second-order valence-corrected chi connectivity index (χ2v) is 7.03. The van der Waals surface area contributed by atoms with E-state index in [1.165, 1.54) is 24.0 Å². The molecule has 1 aliphatic rings. The molecule has 1 amide bonds. The van der Waals surface area contributed by atoms with Gasteiger partial charge in [0.05, 0.1) is 11.6 Å². The molecule has 128 valence electrons. The molecule has 0 radical (unpaired) electrons. The highest BCUT2D eigenvalue weighted by molar-refractivity contribution is 7.15. The quantitative estimate of drug-likeness (QED) is 0.749. The van der Waals surface area contributed by atoms with Gasteiger partial charge in [0.2, 0.25) is 5.91 Å². The Kier molecular flexibility index (Phi) is 3.88. The molecule has 1 saturated heterocycles. The van der Waals surface area contributed by atoms with Crippen LogP contribution in [0.3, 0.4) is 0 Å². The third kappa shape index (κ3) is 3.07. The van der Waals surface area contributed by atoms with Crippen LogP contribution in [-0.4, -0.2) is 48.7 Å². The van der Waals surface area contributed by atoms with Crippen molar-refractivity contribution in [2.75, 3.05) is 23.3 Å². The van der Waals surface area contributed by atoms with E-state index in [9.17, 15) is 4.79 Å². The first-order valence-corrected chi connectivity index (χ1v) is 8.58. The Labute approximate surface area is 147 Å². The van der Waals surface area contributed by atoms with Crippen LogP contribution < -0.4 is 10.2 Å². The first-order valence-electron chi connectivity index (χ1n) is 7.77. The molecule has 0 atom stereocenters. The Morgan fingerprint density at radius 2 is 2.04 bits per heavy atom. The SMILES string of the molecule is Cc1nc(NC(=O)C2CN(c3cc(-n4cncn4)ncn3)C2)sc1C. The van der Waals surface area contributed by atoms with Crippen LogP contribution in [0.2, 0.25) is 0 Å². The van der Waals surface area contributed by atoms with E-state index in [-0.39, 0.29) is 11.8 Å². The molecule has 1 aliphatic heterocycles. The molecule has 3 aromatic rings. The summed E-state index contributed by atoms with van der Waals surface area (Å²) in [5.41, 5.74) is 0.956. The molecule has 1 N–H and O–H groups in total. The van der Waals surface area contributed by atoms with Gasteiger partial charge in [-0.05, 0) is 13.8 Å². The van der Waals surface area contributed by atoms with Gasteiger partial charge in [-0.1, -0.05) is 0 Å². The number of hydrogen-bond acceptors (Lipinski definition) is 8. The van der Waals surface area contributed by atoms with Crippen molar-refractivity contribution in [3.8, 4) is 5.82 Å². The van der Waals surface area contributed by atoms with Crippen LogP contribution in [-0.2, 0) is 4.79 Å². The molecule has 0 aromatic carbocycles. The van der Waals surface area contributed by atoms with Crippen molar-refractivity contribution < 1.29 is 4.79 Å². The third-order valence-electron chi connectivity index (χ3n) is 4.13. The average Bonchev–Trinajstić information content (AvgIpc) is 3.17. The highest BCUT2D eigenvalue weighted by Crippen LogP contribution is 2.26. The van der Waals surface area contributed by atoms with E-state index in [0.717, 1.165) is 16.4 Å². The smallest absolute Gasteiger partial charge is 0.232 e. The van der Waals surface area contributed by atoms with Crippen molar-refractivity contribution in [3.05, 3.63) is 35.6 Å². The number of carbonyl (C=O) groups is 1. The van der Waals surface area contributed by atoms with Crippen LogP contribution in [0.15, 0.2) is 25.0 Å². The van der Waals surface area contributed by atoms with Crippen LogP contribution in [0.5, 0.6) is 0 Å². The molecule has 0 aliphatic carbocycles. The minimum absolute atomic E-state index is 0.00411. The van der Waals surface area contributed by atoms with Gasteiger partial charge in [-0.25, -0.2) is 24.6 Å². The molecular weight excluding hydrogens is 340 g/mol. The van der Waals surface area contributed by atoms with Gasteiger partial charge in [-0.15, -0.1) is 11.3 Å². The zero-order valence-electron chi connectivity index (χ0n) is 13.7. The lowest BCUT2D eigenvalue weighted by Crippen LogP contribution is -2.52. The highest BCUT2D eigenvalue weighted by Gasteiger charge is 2.34. The molecule has 3 aromatic heterocycles. The van der Waals surface area contributed by atoms with Crippen LogP contribution in [0.4, 0.5) is 10.9 Å². The second kappa shape index (κ2) is 6.20. The van der Waals surface area contributed by atoms with Gasteiger partial charge in [0.25, 0.3) is 0 Å². The lowest BCUT2D eigenvalue weighted by Gasteiger charge is -2.38. The maximum atomic E-state index is 12.3. The standard InChI is InChI=1S/C15H16N8OS/c1-9-10(2)25-15(20-9)21-14(24)11-4-22(5-11)12-3-13(18-7-17-12)23-8-16-6-19-23/h3,6-8,11H,4-5H2,1-2H3,(H,20,21,24). The number of aromatic nitrogens is 6. The van der Waals surface area contributed by atoms with Crippen molar-refractivity contribution in [3.63, 3.8) is 0 Å². The number of carbonyl (C=O) groups excluding carboxylic acids is 1. The predicted molar refractivity (Wildman–Crippen MR) is 92.9 cm³/mol. The van der Waals surface area contributed by atoms with E-state index in [2.05, 4.69) is 30.4 Å². The van der Waals surface area contributed by atoms with Crippen LogP contribution in [0.1, 0.15) is 10.6 Å². The van der Waals surface area contributed by atoms with E-state index in [1.54, 1.807) is 11.0 Å². The Bertz CT molecular complexity index is 881. The van der Waals surface area contributed by atoms with E-state index in [4.69, 9.17) is 0 Å². The summed E-state index contributed by atoms with van der Waals surface area (Å²) in [5, 5.41) is 7.62. The van der Waals surface area contributed by atoms with Gasteiger partial charge in [-0.2, -0.15) is 5.10 Å². The van der Waals surface area contributed by atoms with E-state index >= 15 is 0 Å². The van der Waals surface area contributed by atoms with Gasteiger partial charge in [0, 0.05) is 24.0 Å². The Morgan fingerprint density at radius 1 is 1.24 bits per heavy atom. The number of nitrogens with one attached hydrogen (secondary N) is 1. The monoisotopic (exact) mass is 356 g/mol. The molecule has 0 unspecified atom stereocenters. The number of rotatable bonds is 4. The van der Waals surface area contributed by atoms with Crippen LogP contribution in [0, 0.1) is 19.8 Å². The fourth-order valence-electron chi connectivity index (χ4n) is 2.53. The zero-order valence-corrected chi connectivity index (χ0v) is 14.6. The Morgan fingerprint density at radius 3 is 2.72 bits per heavy atom. The highest BCUT2D eigenvalue weighted by atomic mass is 32.1. The summed E-state index contributed by atoms with van der Waals surface area (Å²) in [6.07, 6.45) is 4.52. The van der Waals surface area contributed by atoms with Crippen molar-refractivity contribution in [2.45, 2.75) is 13.8 Å². The molecule has 0 spiro atoms. The Hall–Kier alpha value is -2.88. The summed E-state index contributed by atoms with van der Waals surface area (Å²) in [7, 11) is 0. The van der Waals surface area contributed by atoms with Crippen LogP contribution in [0.25, 0.3) is 5.82 Å². The maximum Gasteiger partial charge on any atom is 0.232 e. The number of hydrogen-bond donors (Lipinski definition) is 1. The van der Waals surface area contributed by atoms with Gasteiger partial charge in [-0.3, -0.25) is 4.79 Å². The normalized spacial score (nSPS) is 14.4. The topological polar surface area (TPSA) is 102 Å². The summed E-state index contributed by atoms with van der Waals surface area (Å²) in [4.78, 5) is 32.2. The summed E-state index contributed by atoms with van der Waals surface area (Å²) in [6, 6.07) is 1.83.